The molecule has 0 aliphatic heterocycles. The fourth-order valence-electron chi connectivity index (χ4n) is 1.74. The molecule has 0 radical (unpaired) electrons. The summed E-state index contributed by atoms with van der Waals surface area (Å²) in [6.07, 6.45) is 0. The SMILES string of the molecule is C[C@@H](N[S@](=O)C(C)(C)C)c1cccc(C(F)(F)COS(=O)(=O)C(F)(F)F)c1. The second kappa shape index (κ2) is 8.10. The first-order chi connectivity index (χ1) is 12.0. The predicted molar refractivity (Wildman–Crippen MR) is 90.7 cm³/mol. The molecule has 1 aromatic carbocycles. The zero-order chi connectivity index (χ0) is 21.3. The summed E-state index contributed by atoms with van der Waals surface area (Å²) in [6, 6.07) is 4.00. The van der Waals surface area contributed by atoms with Crippen molar-refractivity contribution in [3.8, 4) is 0 Å². The summed E-state index contributed by atoms with van der Waals surface area (Å²) < 4.78 is 104. The lowest BCUT2D eigenvalue weighted by Gasteiger charge is -2.23. The van der Waals surface area contributed by atoms with Crippen LogP contribution in [0.1, 0.15) is 44.9 Å². The maximum absolute atomic E-state index is 14.1. The van der Waals surface area contributed by atoms with Gasteiger partial charge in [-0.25, -0.2) is 8.93 Å². The average molecular weight is 437 g/mol. The van der Waals surface area contributed by atoms with Crippen molar-refractivity contribution in [3.63, 3.8) is 0 Å². The van der Waals surface area contributed by atoms with Gasteiger partial charge in [-0.1, -0.05) is 18.2 Å². The molecule has 12 heteroatoms. The van der Waals surface area contributed by atoms with E-state index >= 15 is 0 Å². The van der Waals surface area contributed by atoms with Crippen LogP contribution in [-0.4, -0.2) is 29.5 Å². The maximum atomic E-state index is 14.1. The molecule has 0 aromatic heterocycles. The molecular formula is C15H20F5NO4S2. The third-order valence-electron chi connectivity index (χ3n) is 3.33. The lowest BCUT2D eigenvalue weighted by Crippen LogP contribution is -2.35. The van der Waals surface area contributed by atoms with Gasteiger partial charge in [0.1, 0.15) is 6.61 Å². The molecule has 1 rings (SSSR count). The Hall–Kier alpha value is -1.11. The lowest BCUT2D eigenvalue weighted by molar-refractivity contribution is -0.0747. The van der Waals surface area contributed by atoms with Crippen molar-refractivity contribution in [2.45, 2.75) is 49.9 Å². The third kappa shape index (κ3) is 6.47. The van der Waals surface area contributed by atoms with Gasteiger partial charge in [0, 0.05) is 11.6 Å². The van der Waals surface area contributed by atoms with E-state index in [1.807, 2.05) is 0 Å². The van der Waals surface area contributed by atoms with Gasteiger partial charge in [-0.3, -0.25) is 4.18 Å². The van der Waals surface area contributed by atoms with Gasteiger partial charge in [-0.2, -0.15) is 30.4 Å². The summed E-state index contributed by atoms with van der Waals surface area (Å²) in [5.41, 5.74) is -6.23. The quantitative estimate of drug-likeness (QED) is 0.401. The first kappa shape index (κ1) is 23.9. The number of alkyl halides is 5. The summed E-state index contributed by atoms with van der Waals surface area (Å²) in [5.74, 6) is -3.99. The van der Waals surface area contributed by atoms with E-state index < -0.39 is 55.5 Å². The number of hydrogen-bond donors (Lipinski definition) is 1. The Labute approximate surface area is 157 Å². The molecule has 1 N–H and O–H groups in total. The maximum Gasteiger partial charge on any atom is 0.523 e. The second-order valence-electron chi connectivity index (χ2n) is 6.71. The van der Waals surface area contributed by atoms with E-state index in [4.69, 9.17) is 0 Å². The van der Waals surface area contributed by atoms with E-state index in [9.17, 15) is 34.6 Å². The summed E-state index contributed by atoms with van der Waals surface area (Å²) in [5, 5.41) is 0. The number of hydrogen-bond acceptors (Lipinski definition) is 4. The van der Waals surface area contributed by atoms with E-state index in [1.165, 1.54) is 12.1 Å². The molecule has 0 unspecified atom stereocenters. The fourth-order valence-corrected chi connectivity index (χ4v) is 2.99. The molecule has 2 atom stereocenters. The molecule has 5 nitrogen and oxygen atoms in total. The van der Waals surface area contributed by atoms with Crippen LogP contribution in [0.4, 0.5) is 22.0 Å². The predicted octanol–water partition coefficient (Wildman–Crippen LogP) is 3.76. The standard InChI is InChI=1S/C15H20F5NO4S2/c1-10(21-26(22)13(2,3)4)11-6-5-7-12(8-11)14(16,17)9-25-27(23,24)15(18,19)20/h5-8,10,21H,9H2,1-4H3/t10-,26-/m1/s1. The van der Waals surface area contributed by atoms with Crippen molar-refractivity contribution in [1.82, 2.24) is 4.72 Å². The Bertz CT molecular complexity index is 788. The van der Waals surface area contributed by atoms with Crippen molar-refractivity contribution < 1.29 is 38.8 Å². The monoisotopic (exact) mass is 437 g/mol. The van der Waals surface area contributed by atoms with Crippen LogP contribution in [0.5, 0.6) is 0 Å². The molecular weight excluding hydrogens is 417 g/mol. The van der Waals surface area contributed by atoms with E-state index in [0.717, 1.165) is 12.1 Å². The second-order valence-corrected chi connectivity index (χ2v) is 10.3. The average Bonchev–Trinajstić information content (AvgIpc) is 2.51. The van der Waals surface area contributed by atoms with Crippen LogP contribution in [-0.2, 0) is 31.2 Å². The minimum absolute atomic E-state index is 0.295. The van der Waals surface area contributed by atoms with Crippen LogP contribution in [0.2, 0.25) is 0 Å². The van der Waals surface area contributed by atoms with Crippen molar-refractivity contribution in [1.29, 1.82) is 0 Å². The third-order valence-corrected chi connectivity index (χ3v) is 6.00. The lowest BCUT2D eigenvalue weighted by atomic mass is 10.0. The number of rotatable bonds is 7. The highest BCUT2D eigenvalue weighted by Gasteiger charge is 2.49. The Balaban J connectivity index is 2.98. The van der Waals surface area contributed by atoms with Crippen molar-refractivity contribution in [3.05, 3.63) is 35.4 Å². The van der Waals surface area contributed by atoms with Crippen LogP contribution >= 0.6 is 0 Å². The number of nitrogens with one attached hydrogen (secondary N) is 1. The van der Waals surface area contributed by atoms with Gasteiger partial charge >= 0.3 is 15.6 Å². The smallest absolute Gasteiger partial charge is 0.256 e. The molecule has 0 spiro atoms. The van der Waals surface area contributed by atoms with E-state index in [1.54, 1.807) is 27.7 Å². The molecule has 1 aromatic rings. The Morgan fingerprint density at radius 1 is 1.15 bits per heavy atom. The van der Waals surface area contributed by atoms with Gasteiger partial charge in [-0.15, -0.1) is 0 Å². The number of benzene rings is 1. The van der Waals surface area contributed by atoms with Gasteiger partial charge in [0.25, 0.3) is 5.92 Å². The van der Waals surface area contributed by atoms with Crippen molar-refractivity contribution in [2.24, 2.45) is 0 Å². The Kier molecular flexibility index (Phi) is 7.17. The summed E-state index contributed by atoms with van der Waals surface area (Å²) >= 11 is 0. The Morgan fingerprint density at radius 2 is 1.70 bits per heavy atom. The van der Waals surface area contributed by atoms with Gasteiger partial charge < -0.3 is 0 Å². The Morgan fingerprint density at radius 3 is 2.19 bits per heavy atom. The zero-order valence-corrected chi connectivity index (χ0v) is 16.6. The topological polar surface area (TPSA) is 72.5 Å². The first-order valence-electron chi connectivity index (χ1n) is 7.59. The van der Waals surface area contributed by atoms with Gasteiger partial charge in [0.15, 0.2) is 0 Å². The van der Waals surface area contributed by atoms with E-state index in [-0.39, 0.29) is 0 Å². The van der Waals surface area contributed by atoms with Crippen LogP contribution in [0, 0.1) is 0 Å². The van der Waals surface area contributed by atoms with Gasteiger partial charge in [0.05, 0.1) is 15.7 Å². The normalized spacial score (nSPS) is 16.2. The highest BCUT2D eigenvalue weighted by atomic mass is 32.2. The van der Waals surface area contributed by atoms with E-state index in [0.29, 0.717) is 5.56 Å². The number of halogens is 5. The van der Waals surface area contributed by atoms with Crippen molar-refractivity contribution >= 4 is 21.1 Å². The molecule has 0 fully saturated rings. The molecule has 0 heterocycles. The highest BCUT2D eigenvalue weighted by Crippen LogP contribution is 2.33. The van der Waals surface area contributed by atoms with Crippen molar-refractivity contribution in [2.75, 3.05) is 6.61 Å². The van der Waals surface area contributed by atoms with Gasteiger partial charge in [0.2, 0.25) is 0 Å². The first-order valence-corrected chi connectivity index (χ1v) is 10.2. The molecule has 156 valence electrons. The largest absolute Gasteiger partial charge is 0.523 e. The van der Waals surface area contributed by atoms with Crippen LogP contribution in [0.15, 0.2) is 24.3 Å². The van der Waals surface area contributed by atoms with Crippen LogP contribution < -0.4 is 4.72 Å². The molecule has 27 heavy (non-hydrogen) atoms. The molecule has 0 amide bonds. The molecule has 0 bridgehead atoms. The minimum atomic E-state index is -6.13. The van der Waals surface area contributed by atoms with Crippen LogP contribution in [0.25, 0.3) is 0 Å². The molecule has 0 aliphatic rings. The molecule has 0 saturated heterocycles. The highest BCUT2D eigenvalue weighted by molar-refractivity contribution is 7.87. The summed E-state index contributed by atoms with van der Waals surface area (Å²) in [6.45, 7) is 4.73. The van der Waals surface area contributed by atoms with Gasteiger partial charge in [-0.05, 0) is 39.3 Å². The van der Waals surface area contributed by atoms with E-state index in [2.05, 4.69) is 8.91 Å². The summed E-state index contributed by atoms with van der Waals surface area (Å²) in [7, 11) is -7.62. The molecule has 0 aliphatic carbocycles. The zero-order valence-electron chi connectivity index (χ0n) is 14.9. The minimum Gasteiger partial charge on any atom is -0.256 e. The summed E-state index contributed by atoms with van der Waals surface area (Å²) in [4.78, 5) is 0. The fraction of sp³-hybridized carbons (Fsp3) is 0.600. The molecule has 0 saturated carbocycles. The van der Waals surface area contributed by atoms with Crippen LogP contribution in [0.3, 0.4) is 0 Å².